The van der Waals surface area contributed by atoms with Crippen LogP contribution < -0.4 is 10.2 Å². The fourth-order valence-corrected chi connectivity index (χ4v) is 2.45. The summed E-state index contributed by atoms with van der Waals surface area (Å²) in [5, 5.41) is 3.39. The highest BCUT2D eigenvalue weighted by atomic mass is 16.2. The van der Waals surface area contributed by atoms with Crippen LogP contribution in [0.25, 0.3) is 0 Å². The van der Waals surface area contributed by atoms with Crippen LogP contribution in [0.2, 0.25) is 0 Å². The minimum absolute atomic E-state index is 0.121. The van der Waals surface area contributed by atoms with Crippen molar-refractivity contribution in [1.29, 1.82) is 0 Å². The third-order valence-electron chi connectivity index (χ3n) is 3.29. The maximum atomic E-state index is 12.5. The molecule has 3 nitrogen and oxygen atoms in total. The number of nitrogens with one attached hydrogen (secondary N) is 1. The molecule has 1 N–H and O–H groups in total. The number of anilines is 3. The third kappa shape index (κ3) is 2.19. The van der Waals surface area contributed by atoms with Crippen LogP contribution in [-0.2, 0) is 4.79 Å². The summed E-state index contributed by atoms with van der Waals surface area (Å²) < 4.78 is 0. The summed E-state index contributed by atoms with van der Waals surface area (Å²) in [4.78, 5) is 14.3. The molecule has 0 aliphatic carbocycles. The molecule has 0 aromatic heterocycles. The van der Waals surface area contributed by atoms with Crippen LogP contribution in [0.4, 0.5) is 17.1 Å². The molecule has 0 spiro atoms. The molecule has 1 atom stereocenters. The summed E-state index contributed by atoms with van der Waals surface area (Å²) in [5.41, 5.74) is 2.84. The van der Waals surface area contributed by atoms with Gasteiger partial charge in [0.05, 0.1) is 11.4 Å². The molecule has 0 radical (unpaired) electrons. The van der Waals surface area contributed by atoms with Crippen molar-refractivity contribution in [2.24, 2.45) is 0 Å². The molecule has 0 saturated carbocycles. The molecule has 3 heteroatoms. The van der Waals surface area contributed by atoms with Crippen LogP contribution in [0.1, 0.15) is 13.3 Å². The largest absolute Gasteiger partial charge is 0.380 e. The van der Waals surface area contributed by atoms with Crippen LogP contribution in [-0.4, -0.2) is 11.9 Å². The fraction of sp³-hybridized carbons (Fsp3) is 0.188. The van der Waals surface area contributed by atoms with E-state index in [1.165, 1.54) is 0 Å². The zero-order valence-electron chi connectivity index (χ0n) is 10.8. The Morgan fingerprint density at radius 2 is 1.74 bits per heavy atom. The quantitative estimate of drug-likeness (QED) is 0.841. The summed E-state index contributed by atoms with van der Waals surface area (Å²) in [7, 11) is 0. The lowest BCUT2D eigenvalue weighted by atomic mass is 10.2. The predicted molar refractivity (Wildman–Crippen MR) is 77.7 cm³/mol. The first-order valence-corrected chi connectivity index (χ1v) is 6.49. The van der Waals surface area contributed by atoms with Gasteiger partial charge in [-0.25, -0.2) is 0 Å². The first-order valence-electron chi connectivity index (χ1n) is 6.49. The van der Waals surface area contributed by atoms with E-state index < -0.39 is 0 Å². The number of carbonyl (C=O) groups excluding carboxylic acids is 1. The lowest BCUT2D eigenvalue weighted by molar-refractivity contribution is -0.117. The van der Waals surface area contributed by atoms with Gasteiger partial charge in [0.15, 0.2) is 0 Å². The van der Waals surface area contributed by atoms with E-state index >= 15 is 0 Å². The van der Waals surface area contributed by atoms with Crippen molar-refractivity contribution >= 4 is 23.0 Å². The molecule has 3 rings (SSSR count). The number of hydrogen-bond acceptors (Lipinski definition) is 2. The molecule has 1 aliphatic rings. The van der Waals surface area contributed by atoms with Gasteiger partial charge in [0.2, 0.25) is 5.91 Å². The molecular weight excluding hydrogens is 236 g/mol. The molecule has 1 unspecified atom stereocenters. The lowest BCUT2D eigenvalue weighted by Gasteiger charge is -2.22. The number of hydrogen-bond donors (Lipinski definition) is 1. The van der Waals surface area contributed by atoms with E-state index in [0.717, 1.165) is 17.1 Å². The Balaban J connectivity index is 2.14. The smallest absolute Gasteiger partial charge is 0.233 e. The van der Waals surface area contributed by atoms with Crippen LogP contribution in [0.5, 0.6) is 0 Å². The lowest BCUT2D eigenvalue weighted by Crippen LogP contribution is -2.27. The Morgan fingerprint density at radius 1 is 1.05 bits per heavy atom. The van der Waals surface area contributed by atoms with Gasteiger partial charge in [0.1, 0.15) is 0 Å². The topological polar surface area (TPSA) is 32.3 Å². The minimum atomic E-state index is 0.121. The average Bonchev–Trinajstić information content (AvgIpc) is 2.54. The molecule has 0 fully saturated rings. The molecule has 96 valence electrons. The van der Waals surface area contributed by atoms with Crippen molar-refractivity contribution in [1.82, 2.24) is 0 Å². The van der Waals surface area contributed by atoms with E-state index in [1.807, 2.05) is 61.5 Å². The fourth-order valence-electron chi connectivity index (χ4n) is 2.45. The Bertz CT molecular complexity index is 595. The maximum absolute atomic E-state index is 12.5. The minimum Gasteiger partial charge on any atom is -0.380 e. The standard InChI is InChI=1S/C16H16N2O/c1-12-11-16(19)18(13-7-3-2-4-8-13)15-10-6-5-9-14(15)17-12/h2-10,12,17H,11H2,1H3. The number of amides is 1. The summed E-state index contributed by atoms with van der Waals surface area (Å²) >= 11 is 0. The third-order valence-corrected chi connectivity index (χ3v) is 3.29. The zero-order chi connectivity index (χ0) is 13.2. The van der Waals surface area contributed by atoms with Crippen LogP contribution in [0.3, 0.4) is 0 Å². The van der Waals surface area contributed by atoms with Gasteiger partial charge in [-0.2, -0.15) is 0 Å². The van der Waals surface area contributed by atoms with Gasteiger partial charge >= 0.3 is 0 Å². The second-order valence-corrected chi connectivity index (χ2v) is 4.83. The van der Waals surface area contributed by atoms with E-state index in [9.17, 15) is 4.79 Å². The SMILES string of the molecule is CC1CC(=O)N(c2ccccc2)c2ccccc2N1. The van der Waals surface area contributed by atoms with E-state index in [2.05, 4.69) is 5.32 Å². The van der Waals surface area contributed by atoms with Crippen LogP contribution >= 0.6 is 0 Å². The van der Waals surface area contributed by atoms with Crippen LogP contribution in [0, 0.1) is 0 Å². The zero-order valence-corrected chi connectivity index (χ0v) is 10.8. The highest BCUT2D eigenvalue weighted by molar-refractivity contribution is 6.04. The number of fused-ring (bicyclic) bond motifs is 1. The molecule has 2 aromatic rings. The number of nitrogens with zero attached hydrogens (tertiary/aromatic N) is 1. The number of para-hydroxylation sites is 3. The first kappa shape index (κ1) is 11.8. The van der Waals surface area contributed by atoms with Crippen molar-refractivity contribution in [3.8, 4) is 0 Å². The van der Waals surface area contributed by atoms with Crippen molar-refractivity contribution < 1.29 is 4.79 Å². The Morgan fingerprint density at radius 3 is 2.53 bits per heavy atom. The maximum Gasteiger partial charge on any atom is 0.233 e. The van der Waals surface area contributed by atoms with Gasteiger partial charge < -0.3 is 5.32 Å². The second kappa shape index (κ2) is 4.76. The van der Waals surface area contributed by atoms with Gasteiger partial charge in [0.25, 0.3) is 0 Å². The molecule has 0 saturated heterocycles. The van der Waals surface area contributed by atoms with Crippen molar-refractivity contribution in [2.75, 3.05) is 10.2 Å². The van der Waals surface area contributed by atoms with Crippen molar-refractivity contribution in [2.45, 2.75) is 19.4 Å². The Kier molecular flexibility index (Phi) is 2.95. The molecule has 19 heavy (non-hydrogen) atoms. The highest BCUT2D eigenvalue weighted by Gasteiger charge is 2.26. The van der Waals surface area contributed by atoms with E-state index in [4.69, 9.17) is 0 Å². The number of carbonyl (C=O) groups is 1. The predicted octanol–water partition coefficient (Wildman–Crippen LogP) is 3.56. The molecule has 2 aromatic carbocycles. The van der Waals surface area contributed by atoms with E-state index in [1.54, 1.807) is 4.90 Å². The van der Waals surface area contributed by atoms with Crippen LogP contribution in [0.15, 0.2) is 54.6 Å². The summed E-state index contributed by atoms with van der Waals surface area (Å²) in [6.45, 7) is 2.03. The summed E-state index contributed by atoms with van der Waals surface area (Å²) in [6.07, 6.45) is 0.490. The second-order valence-electron chi connectivity index (χ2n) is 4.83. The molecule has 1 amide bonds. The summed E-state index contributed by atoms with van der Waals surface area (Å²) in [6, 6.07) is 17.9. The molecule has 1 aliphatic heterocycles. The molecule has 0 bridgehead atoms. The van der Waals surface area contributed by atoms with Gasteiger partial charge in [-0.15, -0.1) is 0 Å². The van der Waals surface area contributed by atoms with Crippen molar-refractivity contribution in [3.63, 3.8) is 0 Å². The molecule has 1 heterocycles. The normalized spacial score (nSPS) is 18.5. The average molecular weight is 252 g/mol. The van der Waals surface area contributed by atoms with Gasteiger partial charge in [-0.1, -0.05) is 30.3 Å². The summed E-state index contributed by atoms with van der Waals surface area (Å²) in [5.74, 6) is 0.121. The van der Waals surface area contributed by atoms with Gasteiger partial charge in [-0.3, -0.25) is 9.69 Å². The Hall–Kier alpha value is -2.29. The van der Waals surface area contributed by atoms with Crippen molar-refractivity contribution in [3.05, 3.63) is 54.6 Å². The number of rotatable bonds is 1. The Labute approximate surface area is 112 Å². The van der Waals surface area contributed by atoms with Gasteiger partial charge in [0, 0.05) is 18.2 Å². The number of benzene rings is 2. The molecular formula is C16H16N2O. The first-order chi connectivity index (χ1) is 9.25. The van der Waals surface area contributed by atoms with E-state index in [-0.39, 0.29) is 11.9 Å². The van der Waals surface area contributed by atoms with E-state index in [0.29, 0.717) is 6.42 Å². The van der Waals surface area contributed by atoms with Gasteiger partial charge in [-0.05, 0) is 31.2 Å². The highest BCUT2D eigenvalue weighted by Crippen LogP contribution is 2.35. The monoisotopic (exact) mass is 252 g/mol.